The number of carbonyl (C=O) groups is 1. The Hall–Kier alpha value is -1.51. The molecule has 1 aromatic rings. The van der Waals surface area contributed by atoms with Gasteiger partial charge in [-0.1, -0.05) is 31.9 Å². The van der Waals surface area contributed by atoms with Crippen LogP contribution in [-0.4, -0.2) is 17.7 Å². The largest absolute Gasteiger partial charge is 0.494 e. The van der Waals surface area contributed by atoms with Gasteiger partial charge in [-0.2, -0.15) is 0 Å². The van der Waals surface area contributed by atoms with E-state index in [2.05, 4.69) is 19.1 Å². The lowest BCUT2D eigenvalue weighted by atomic mass is 9.79. The third-order valence-corrected chi connectivity index (χ3v) is 4.42. The summed E-state index contributed by atoms with van der Waals surface area (Å²) >= 11 is 0. The van der Waals surface area contributed by atoms with Crippen molar-refractivity contribution in [1.29, 1.82) is 0 Å². The number of ether oxygens (including phenoxy) is 1. The van der Waals surface area contributed by atoms with Crippen LogP contribution in [0, 0.1) is 5.92 Å². The van der Waals surface area contributed by atoms with Crippen LogP contribution >= 0.6 is 0 Å². The first-order valence-electron chi connectivity index (χ1n) is 8.09. The van der Waals surface area contributed by atoms with Crippen molar-refractivity contribution in [2.24, 2.45) is 5.92 Å². The molecule has 1 fully saturated rings. The van der Waals surface area contributed by atoms with Crippen molar-refractivity contribution in [3.8, 4) is 5.75 Å². The summed E-state index contributed by atoms with van der Waals surface area (Å²) in [5.41, 5.74) is 1.43. The maximum Gasteiger partial charge on any atom is 0.303 e. The normalized spacial score (nSPS) is 22.0. The molecule has 2 rings (SSSR count). The Balaban J connectivity index is 1.73. The maximum absolute atomic E-state index is 10.4. The molecule has 0 unspecified atom stereocenters. The van der Waals surface area contributed by atoms with E-state index in [1.165, 1.54) is 31.2 Å². The third kappa shape index (κ3) is 5.41. The van der Waals surface area contributed by atoms with Crippen LogP contribution < -0.4 is 4.74 Å². The summed E-state index contributed by atoms with van der Waals surface area (Å²) in [7, 11) is 0. The smallest absolute Gasteiger partial charge is 0.303 e. The monoisotopic (exact) mass is 290 g/mol. The molecule has 1 aliphatic rings. The van der Waals surface area contributed by atoms with Crippen LogP contribution in [0.2, 0.25) is 0 Å². The Kier molecular flexibility index (Phi) is 6.09. The second-order valence-electron chi connectivity index (χ2n) is 6.23. The molecule has 21 heavy (non-hydrogen) atoms. The third-order valence-electron chi connectivity index (χ3n) is 4.42. The average molecular weight is 290 g/mol. The molecule has 1 aromatic carbocycles. The number of rotatable bonds is 7. The van der Waals surface area contributed by atoms with Gasteiger partial charge in [-0.15, -0.1) is 0 Å². The molecule has 0 radical (unpaired) electrons. The first kappa shape index (κ1) is 15.9. The van der Waals surface area contributed by atoms with Gasteiger partial charge in [0.25, 0.3) is 0 Å². The van der Waals surface area contributed by atoms with Gasteiger partial charge in [-0.05, 0) is 55.2 Å². The number of aliphatic carboxylic acids is 1. The minimum atomic E-state index is -0.735. The van der Waals surface area contributed by atoms with Gasteiger partial charge in [0.15, 0.2) is 0 Å². The van der Waals surface area contributed by atoms with Crippen LogP contribution in [-0.2, 0) is 4.79 Å². The lowest BCUT2D eigenvalue weighted by molar-refractivity contribution is -0.137. The highest BCUT2D eigenvalue weighted by Crippen LogP contribution is 2.35. The van der Waals surface area contributed by atoms with E-state index in [0.29, 0.717) is 18.9 Å². The van der Waals surface area contributed by atoms with Crippen molar-refractivity contribution in [2.45, 2.75) is 57.8 Å². The van der Waals surface area contributed by atoms with E-state index in [1.807, 2.05) is 12.1 Å². The van der Waals surface area contributed by atoms with E-state index in [1.54, 1.807) is 0 Å². The number of hydrogen-bond acceptors (Lipinski definition) is 2. The number of carboxylic acids is 1. The molecule has 0 aliphatic heterocycles. The Morgan fingerprint density at radius 1 is 1.14 bits per heavy atom. The van der Waals surface area contributed by atoms with E-state index < -0.39 is 5.97 Å². The Morgan fingerprint density at radius 3 is 2.43 bits per heavy atom. The number of benzene rings is 1. The van der Waals surface area contributed by atoms with E-state index in [4.69, 9.17) is 9.84 Å². The fourth-order valence-corrected chi connectivity index (χ4v) is 3.00. The molecular weight excluding hydrogens is 264 g/mol. The van der Waals surface area contributed by atoms with Gasteiger partial charge < -0.3 is 9.84 Å². The molecule has 0 heterocycles. The summed E-state index contributed by atoms with van der Waals surface area (Å²) in [6.45, 7) is 2.94. The van der Waals surface area contributed by atoms with Crippen LogP contribution in [0.3, 0.4) is 0 Å². The standard InChI is InChI=1S/C18H26O3/c1-14-5-7-15(8-6-14)16-9-11-17(12-10-16)21-13-3-2-4-18(19)20/h9-12,14-15H,2-8,13H2,1H3,(H,19,20). The van der Waals surface area contributed by atoms with Crippen LogP contribution in [0.25, 0.3) is 0 Å². The van der Waals surface area contributed by atoms with E-state index in [9.17, 15) is 4.79 Å². The predicted octanol–water partition coefficient (Wildman–Crippen LogP) is 4.61. The highest BCUT2D eigenvalue weighted by Gasteiger charge is 2.19. The van der Waals surface area contributed by atoms with Crippen molar-refractivity contribution in [3.05, 3.63) is 29.8 Å². The van der Waals surface area contributed by atoms with Gasteiger partial charge in [0.1, 0.15) is 5.75 Å². The van der Waals surface area contributed by atoms with Crippen molar-refractivity contribution in [1.82, 2.24) is 0 Å². The predicted molar refractivity (Wildman–Crippen MR) is 83.8 cm³/mol. The lowest BCUT2D eigenvalue weighted by Crippen LogP contribution is -2.10. The van der Waals surface area contributed by atoms with E-state index >= 15 is 0 Å². The van der Waals surface area contributed by atoms with Crippen LogP contribution in [0.5, 0.6) is 5.75 Å². The molecule has 3 heteroatoms. The second kappa shape index (κ2) is 8.06. The van der Waals surface area contributed by atoms with Crippen LogP contribution in [0.4, 0.5) is 0 Å². The fraction of sp³-hybridized carbons (Fsp3) is 0.611. The summed E-state index contributed by atoms with van der Waals surface area (Å²) in [6, 6.07) is 8.47. The zero-order chi connectivity index (χ0) is 15.1. The molecule has 0 spiro atoms. The zero-order valence-electron chi connectivity index (χ0n) is 12.9. The molecule has 3 nitrogen and oxygen atoms in total. The quantitative estimate of drug-likeness (QED) is 0.746. The minimum absolute atomic E-state index is 0.225. The molecule has 0 amide bonds. The molecule has 1 aliphatic carbocycles. The maximum atomic E-state index is 10.4. The molecule has 0 saturated heterocycles. The van der Waals surface area contributed by atoms with Crippen molar-refractivity contribution in [3.63, 3.8) is 0 Å². The molecule has 116 valence electrons. The number of carboxylic acid groups (broad SMARTS) is 1. The first-order valence-corrected chi connectivity index (χ1v) is 8.09. The average Bonchev–Trinajstić information content (AvgIpc) is 2.48. The van der Waals surface area contributed by atoms with Gasteiger partial charge in [0.2, 0.25) is 0 Å². The van der Waals surface area contributed by atoms with Crippen molar-refractivity contribution >= 4 is 5.97 Å². The lowest BCUT2D eigenvalue weighted by Gasteiger charge is -2.26. The fourth-order valence-electron chi connectivity index (χ4n) is 3.00. The summed E-state index contributed by atoms with van der Waals surface area (Å²) < 4.78 is 5.65. The van der Waals surface area contributed by atoms with Gasteiger partial charge in [-0.25, -0.2) is 0 Å². The Bertz CT molecular complexity index is 430. The molecule has 1 saturated carbocycles. The minimum Gasteiger partial charge on any atom is -0.494 e. The van der Waals surface area contributed by atoms with E-state index in [-0.39, 0.29) is 6.42 Å². The molecule has 1 N–H and O–H groups in total. The summed E-state index contributed by atoms with van der Waals surface area (Å²) in [5, 5.41) is 8.56. The molecule has 0 bridgehead atoms. The Morgan fingerprint density at radius 2 is 1.81 bits per heavy atom. The topological polar surface area (TPSA) is 46.5 Å². The van der Waals surface area contributed by atoms with Gasteiger partial charge in [0.05, 0.1) is 6.61 Å². The first-order chi connectivity index (χ1) is 10.1. The number of hydrogen-bond donors (Lipinski definition) is 1. The van der Waals surface area contributed by atoms with Gasteiger partial charge >= 0.3 is 5.97 Å². The van der Waals surface area contributed by atoms with Crippen LogP contribution in [0.1, 0.15) is 63.4 Å². The van der Waals surface area contributed by atoms with Crippen molar-refractivity contribution < 1.29 is 14.6 Å². The van der Waals surface area contributed by atoms with Gasteiger partial charge in [-0.3, -0.25) is 4.79 Å². The molecule has 0 atom stereocenters. The molecule has 0 aromatic heterocycles. The van der Waals surface area contributed by atoms with Crippen LogP contribution in [0.15, 0.2) is 24.3 Å². The Labute approximate surface area is 127 Å². The highest BCUT2D eigenvalue weighted by molar-refractivity contribution is 5.66. The zero-order valence-corrected chi connectivity index (χ0v) is 12.9. The number of unbranched alkanes of at least 4 members (excludes halogenated alkanes) is 1. The van der Waals surface area contributed by atoms with E-state index in [0.717, 1.165) is 18.1 Å². The van der Waals surface area contributed by atoms with Gasteiger partial charge in [0, 0.05) is 6.42 Å². The molecular formula is C18H26O3. The summed E-state index contributed by atoms with van der Waals surface area (Å²) in [5.74, 6) is 1.75. The second-order valence-corrected chi connectivity index (χ2v) is 6.23. The SMILES string of the molecule is CC1CCC(c2ccc(OCCCCC(=O)O)cc2)CC1. The summed E-state index contributed by atoms with van der Waals surface area (Å²) in [4.78, 5) is 10.4. The highest BCUT2D eigenvalue weighted by atomic mass is 16.5. The van der Waals surface area contributed by atoms with Crippen molar-refractivity contribution in [2.75, 3.05) is 6.61 Å². The summed E-state index contributed by atoms with van der Waals surface area (Å²) in [6.07, 6.45) is 6.97.